The zero-order valence-electron chi connectivity index (χ0n) is 27.1. The molecule has 2 fully saturated rings. The van der Waals surface area contributed by atoms with Crippen molar-refractivity contribution in [3.8, 4) is 11.5 Å². The number of amides is 3. The molecule has 0 unspecified atom stereocenters. The number of anilines is 3. The van der Waals surface area contributed by atoms with Crippen molar-refractivity contribution >= 4 is 39.0 Å². The first-order valence-electron chi connectivity index (χ1n) is 16.0. The lowest BCUT2D eigenvalue weighted by Gasteiger charge is -2.34. The molecule has 1 saturated heterocycles. The lowest BCUT2D eigenvalue weighted by Crippen LogP contribution is -2.51. The molecule has 45 heavy (non-hydrogen) atoms. The SMILES string of the molecule is CCS(=O)(=O)Nc1cc(C(C)(C)C)cc(NC(=O)Nc2ccc(OCCN3CCN(CC4CC4)C(=O)C3)c3c2CCC3)c1OC. The van der Waals surface area contributed by atoms with Crippen molar-refractivity contribution in [3.63, 3.8) is 0 Å². The van der Waals surface area contributed by atoms with Crippen molar-refractivity contribution in [2.24, 2.45) is 5.92 Å². The van der Waals surface area contributed by atoms with Crippen LogP contribution in [0.5, 0.6) is 11.5 Å². The zero-order chi connectivity index (χ0) is 32.4. The fourth-order valence-electron chi connectivity index (χ4n) is 5.93. The monoisotopic (exact) mass is 641 g/mol. The van der Waals surface area contributed by atoms with Crippen LogP contribution in [0.15, 0.2) is 24.3 Å². The Hall–Kier alpha value is -3.51. The van der Waals surface area contributed by atoms with Crippen LogP contribution in [0.2, 0.25) is 0 Å². The number of hydrogen-bond acceptors (Lipinski definition) is 7. The molecular formula is C33H47N5O6S. The zero-order valence-corrected chi connectivity index (χ0v) is 27.9. The van der Waals surface area contributed by atoms with Crippen LogP contribution in [0.3, 0.4) is 0 Å². The number of benzene rings is 2. The van der Waals surface area contributed by atoms with Gasteiger partial charge in [0.25, 0.3) is 0 Å². The van der Waals surface area contributed by atoms with Crippen molar-refractivity contribution < 1.29 is 27.5 Å². The summed E-state index contributed by atoms with van der Waals surface area (Å²) in [6, 6.07) is 6.86. The molecule has 0 radical (unpaired) electrons. The summed E-state index contributed by atoms with van der Waals surface area (Å²) < 4.78 is 39.2. The van der Waals surface area contributed by atoms with Crippen LogP contribution >= 0.6 is 0 Å². The molecule has 2 aromatic carbocycles. The molecule has 3 aliphatic rings. The van der Waals surface area contributed by atoms with E-state index in [1.54, 1.807) is 13.0 Å². The number of sulfonamides is 1. The van der Waals surface area contributed by atoms with E-state index in [1.807, 2.05) is 43.9 Å². The van der Waals surface area contributed by atoms with Crippen molar-refractivity contribution in [2.45, 2.75) is 65.2 Å². The number of urea groups is 1. The van der Waals surface area contributed by atoms with Crippen LogP contribution in [0.4, 0.5) is 21.9 Å². The second kappa shape index (κ2) is 13.5. The minimum Gasteiger partial charge on any atom is -0.492 e. The Labute approximate surface area is 267 Å². The van der Waals surface area contributed by atoms with E-state index in [2.05, 4.69) is 20.3 Å². The number of methoxy groups -OCH3 is 1. The van der Waals surface area contributed by atoms with E-state index < -0.39 is 16.1 Å². The minimum atomic E-state index is -3.58. The molecule has 12 heteroatoms. The largest absolute Gasteiger partial charge is 0.492 e. The maximum absolute atomic E-state index is 13.3. The highest BCUT2D eigenvalue weighted by Gasteiger charge is 2.30. The summed E-state index contributed by atoms with van der Waals surface area (Å²) in [6.45, 7) is 11.8. The molecule has 3 N–H and O–H groups in total. The van der Waals surface area contributed by atoms with Gasteiger partial charge in [-0.3, -0.25) is 14.4 Å². The average Bonchev–Trinajstić information content (AvgIpc) is 3.65. The smallest absolute Gasteiger partial charge is 0.323 e. The van der Waals surface area contributed by atoms with E-state index in [1.165, 1.54) is 20.0 Å². The van der Waals surface area contributed by atoms with E-state index >= 15 is 0 Å². The summed E-state index contributed by atoms with van der Waals surface area (Å²) in [4.78, 5) is 30.0. The number of carbonyl (C=O) groups excluding carboxylic acids is 2. The first-order valence-corrected chi connectivity index (χ1v) is 17.6. The number of fused-ring (bicyclic) bond motifs is 1. The standard InChI is InChI=1S/C33H47N5O6S/c1-6-45(41,42)36-28-19-23(33(2,3)4)18-27(31(28)43-5)35-32(40)34-26-12-13-29(25-9-7-8-24(25)26)44-17-16-37-14-15-38(30(39)21-37)20-22-10-11-22/h12-13,18-19,22,36H,6-11,14-17,20-21H2,1-5H3,(H2,34,35,40). The van der Waals surface area contributed by atoms with Crippen molar-refractivity contribution in [1.82, 2.24) is 9.80 Å². The predicted molar refractivity (Wildman–Crippen MR) is 177 cm³/mol. The number of hydrogen-bond donors (Lipinski definition) is 3. The van der Waals surface area contributed by atoms with E-state index in [0.29, 0.717) is 37.0 Å². The van der Waals surface area contributed by atoms with Gasteiger partial charge < -0.3 is 25.0 Å². The van der Waals surface area contributed by atoms with Gasteiger partial charge in [-0.1, -0.05) is 20.8 Å². The Morgan fingerprint density at radius 2 is 1.73 bits per heavy atom. The lowest BCUT2D eigenvalue weighted by molar-refractivity contribution is -0.136. The van der Waals surface area contributed by atoms with Crippen LogP contribution in [0, 0.1) is 5.92 Å². The topological polar surface area (TPSA) is 129 Å². The molecule has 1 saturated carbocycles. The third kappa shape index (κ3) is 8.21. The second-order valence-electron chi connectivity index (χ2n) is 13.3. The Kier molecular flexibility index (Phi) is 9.83. The summed E-state index contributed by atoms with van der Waals surface area (Å²) in [5, 5.41) is 5.88. The van der Waals surface area contributed by atoms with Crippen LogP contribution in [-0.2, 0) is 33.1 Å². The van der Waals surface area contributed by atoms with Gasteiger partial charge in [-0.25, -0.2) is 13.2 Å². The third-order valence-electron chi connectivity index (χ3n) is 8.78. The molecule has 0 atom stereocenters. The van der Waals surface area contributed by atoms with E-state index in [4.69, 9.17) is 9.47 Å². The Balaban J connectivity index is 1.24. The van der Waals surface area contributed by atoms with Crippen LogP contribution in [-0.4, -0.2) is 82.3 Å². The normalized spacial score (nSPS) is 17.2. The molecule has 1 aliphatic heterocycles. The fourth-order valence-corrected chi connectivity index (χ4v) is 6.56. The van der Waals surface area contributed by atoms with Gasteiger partial charge >= 0.3 is 6.03 Å². The maximum Gasteiger partial charge on any atom is 0.323 e. The molecule has 0 bridgehead atoms. The maximum atomic E-state index is 13.3. The highest BCUT2D eigenvalue weighted by molar-refractivity contribution is 7.92. The van der Waals surface area contributed by atoms with Crippen molar-refractivity contribution in [2.75, 3.05) is 67.5 Å². The molecular weight excluding hydrogens is 594 g/mol. The Morgan fingerprint density at radius 1 is 1.02 bits per heavy atom. The molecule has 5 rings (SSSR count). The van der Waals surface area contributed by atoms with Gasteiger partial charge in [0.1, 0.15) is 12.4 Å². The molecule has 3 amide bonds. The summed E-state index contributed by atoms with van der Waals surface area (Å²) in [7, 11) is -2.14. The van der Waals surface area contributed by atoms with Gasteiger partial charge in [-0.05, 0) is 91.3 Å². The molecule has 0 spiro atoms. The summed E-state index contributed by atoms with van der Waals surface area (Å²) in [5.74, 6) is 1.87. The number of rotatable bonds is 12. The third-order valence-corrected chi connectivity index (χ3v) is 10.1. The van der Waals surface area contributed by atoms with Gasteiger partial charge in [0, 0.05) is 31.9 Å². The Morgan fingerprint density at radius 3 is 2.40 bits per heavy atom. The van der Waals surface area contributed by atoms with Crippen LogP contribution in [0.1, 0.15) is 63.6 Å². The van der Waals surface area contributed by atoms with Crippen LogP contribution < -0.4 is 24.8 Å². The fraction of sp³-hybridized carbons (Fsp3) is 0.576. The first-order chi connectivity index (χ1) is 21.4. The van der Waals surface area contributed by atoms with E-state index in [9.17, 15) is 18.0 Å². The van der Waals surface area contributed by atoms with Crippen LogP contribution in [0.25, 0.3) is 0 Å². The van der Waals surface area contributed by atoms with Gasteiger partial charge in [0.2, 0.25) is 15.9 Å². The molecule has 11 nitrogen and oxygen atoms in total. The second-order valence-corrected chi connectivity index (χ2v) is 15.3. The summed E-state index contributed by atoms with van der Waals surface area (Å²) in [5.41, 5.74) is 4.01. The number of nitrogens with one attached hydrogen (secondary N) is 3. The highest BCUT2D eigenvalue weighted by Crippen LogP contribution is 2.40. The number of carbonyl (C=O) groups is 2. The molecule has 2 aromatic rings. The van der Waals surface area contributed by atoms with Gasteiger partial charge in [-0.2, -0.15) is 0 Å². The van der Waals surface area contributed by atoms with Crippen molar-refractivity contribution in [3.05, 3.63) is 41.0 Å². The van der Waals surface area contributed by atoms with Crippen molar-refractivity contribution in [1.29, 1.82) is 0 Å². The quantitative estimate of drug-likeness (QED) is 0.303. The first kappa shape index (κ1) is 32.9. The average molecular weight is 642 g/mol. The highest BCUT2D eigenvalue weighted by atomic mass is 32.2. The number of piperazine rings is 1. The molecule has 246 valence electrons. The Bertz CT molecular complexity index is 1530. The summed E-state index contributed by atoms with van der Waals surface area (Å²) in [6.07, 6.45) is 5.15. The van der Waals surface area contributed by atoms with Gasteiger partial charge in [-0.15, -0.1) is 0 Å². The lowest BCUT2D eigenvalue weighted by atomic mass is 9.86. The number of ether oxygens (including phenoxy) is 2. The van der Waals surface area contributed by atoms with E-state index in [0.717, 1.165) is 61.3 Å². The van der Waals surface area contributed by atoms with Gasteiger partial charge in [0.05, 0.1) is 30.8 Å². The predicted octanol–water partition coefficient (Wildman–Crippen LogP) is 4.82. The molecule has 1 heterocycles. The molecule has 0 aromatic heterocycles. The summed E-state index contributed by atoms with van der Waals surface area (Å²) >= 11 is 0. The minimum absolute atomic E-state index is 0.0962. The van der Waals surface area contributed by atoms with E-state index in [-0.39, 0.29) is 28.5 Å². The van der Waals surface area contributed by atoms with Gasteiger partial charge in [0.15, 0.2) is 5.75 Å². The number of nitrogens with zero attached hydrogens (tertiary/aromatic N) is 2. The molecule has 2 aliphatic carbocycles.